The van der Waals surface area contributed by atoms with Gasteiger partial charge >= 0.3 is 11.9 Å². The van der Waals surface area contributed by atoms with Gasteiger partial charge in [0.1, 0.15) is 19.8 Å². The van der Waals surface area contributed by atoms with Crippen LogP contribution in [0, 0.1) is 0 Å². The Morgan fingerprint density at radius 2 is 0.684 bits per heavy atom. The van der Waals surface area contributed by atoms with E-state index in [0.717, 1.165) is 38.5 Å². The lowest BCUT2D eigenvalue weighted by Gasteiger charge is -2.28. The molecule has 2 unspecified atom stereocenters. The molecule has 0 amide bonds. The van der Waals surface area contributed by atoms with Crippen LogP contribution in [0.2, 0.25) is 0 Å². The van der Waals surface area contributed by atoms with Crippen LogP contribution in [0.5, 0.6) is 0 Å². The summed E-state index contributed by atoms with van der Waals surface area (Å²) >= 11 is 0. The Balaban J connectivity index is 3.91. The Morgan fingerprint density at radius 3 is 1.00 bits per heavy atom. The maximum Gasteiger partial charge on any atom is 0.306 e. The van der Waals surface area contributed by atoms with Gasteiger partial charge in [0.15, 0.2) is 6.10 Å². The third-order valence-corrected chi connectivity index (χ3v) is 16.7. The number of esters is 2. The van der Waals surface area contributed by atoms with Crippen molar-refractivity contribution in [2.24, 2.45) is 0 Å². The van der Waals surface area contributed by atoms with E-state index in [-0.39, 0.29) is 32.0 Å². The Morgan fingerprint density at radius 1 is 0.392 bits per heavy atom. The lowest BCUT2D eigenvalue weighted by atomic mass is 10.0. The van der Waals surface area contributed by atoms with Crippen LogP contribution in [-0.4, -0.2) is 70.0 Å². The molecule has 79 heavy (non-hydrogen) atoms. The van der Waals surface area contributed by atoms with E-state index in [2.05, 4.69) is 38.2 Å². The van der Waals surface area contributed by atoms with E-state index in [0.29, 0.717) is 17.4 Å². The third kappa shape index (κ3) is 65.5. The number of allylic oxidation sites excluding steroid dienone is 4. The first-order valence-electron chi connectivity index (χ1n) is 34.5. The standard InChI is InChI=1S/C69H134NO8P/c1-6-8-10-12-14-16-18-20-22-24-26-27-28-29-30-31-32-33-34-35-36-37-38-39-40-41-42-43-44-46-48-50-52-54-56-58-60-62-69(72)78-67(66-77-79(73,74)76-64-63-70(3,4)5)65-75-68(71)61-59-57-55-53-51-49-47-45-25-23-21-19-17-15-13-11-9-7-2/h18,20,24,26,67H,6-17,19,21-23,25,27-66H2,1-5H3/b20-18-,26-24-. The minimum Gasteiger partial charge on any atom is -0.756 e. The first-order chi connectivity index (χ1) is 38.5. The number of nitrogens with zero attached hydrogens (tertiary/aromatic N) is 1. The van der Waals surface area contributed by atoms with E-state index in [4.69, 9.17) is 18.5 Å². The zero-order valence-corrected chi connectivity index (χ0v) is 54.2. The monoisotopic (exact) mass is 1140 g/mol. The van der Waals surface area contributed by atoms with Crippen LogP contribution in [-0.2, 0) is 32.7 Å². The van der Waals surface area contributed by atoms with E-state index < -0.39 is 26.5 Å². The molecule has 0 bridgehead atoms. The quantitative estimate of drug-likeness (QED) is 0.0195. The maximum atomic E-state index is 12.8. The van der Waals surface area contributed by atoms with Crippen molar-refractivity contribution >= 4 is 19.8 Å². The van der Waals surface area contributed by atoms with Crippen molar-refractivity contribution in [1.82, 2.24) is 0 Å². The summed E-state index contributed by atoms with van der Waals surface area (Å²) in [5, 5.41) is 0. The summed E-state index contributed by atoms with van der Waals surface area (Å²) in [4.78, 5) is 38.0. The van der Waals surface area contributed by atoms with Crippen molar-refractivity contribution in [3.05, 3.63) is 24.3 Å². The second kappa shape index (κ2) is 61.1. The Labute approximate surface area is 491 Å². The van der Waals surface area contributed by atoms with Gasteiger partial charge in [-0.25, -0.2) is 0 Å². The summed E-state index contributed by atoms with van der Waals surface area (Å²) in [5.41, 5.74) is 0. The highest BCUT2D eigenvalue weighted by molar-refractivity contribution is 7.45. The molecule has 0 aromatic heterocycles. The van der Waals surface area contributed by atoms with Crippen molar-refractivity contribution in [2.75, 3.05) is 47.5 Å². The third-order valence-electron chi connectivity index (χ3n) is 15.7. The average molecular weight is 1140 g/mol. The van der Waals surface area contributed by atoms with Gasteiger partial charge in [-0.2, -0.15) is 0 Å². The van der Waals surface area contributed by atoms with Crippen molar-refractivity contribution in [3.8, 4) is 0 Å². The van der Waals surface area contributed by atoms with Gasteiger partial charge in [-0.3, -0.25) is 14.2 Å². The summed E-state index contributed by atoms with van der Waals surface area (Å²) in [6.07, 6.45) is 75.5. The smallest absolute Gasteiger partial charge is 0.306 e. The van der Waals surface area contributed by atoms with Gasteiger partial charge in [0.25, 0.3) is 7.82 Å². The molecular formula is C69H134NO8P. The molecule has 2 atom stereocenters. The second-order valence-electron chi connectivity index (χ2n) is 24.9. The summed E-state index contributed by atoms with van der Waals surface area (Å²) < 4.78 is 34.3. The van der Waals surface area contributed by atoms with Crippen molar-refractivity contribution in [1.29, 1.82) is 0 Å². The van der Waals surface area contributed by atoms with Gasteiger partial charge in [-0.1, -0.05) is 321 Å². The van der Waals surface area contributed by atoms with Gasteiger partial charge in [0.05, 0.1) is 27.7 Å². The Bertz CT molecular complexity index is 1380. The van der Waals surface area contributed by atoms with Crippen LogP contribution in [0.4, 0.5) is 0 Å². The van der Waals surface area contributed by atoms with Crippen molar-refractivity contribution in [2.45, 2.75) is 360 Å². The first-order valence-corrected chi connectivity index (χ1v) is 36.0. The molecule has 9 nitrogen and oxygen atoms in total. The highest BCUT2D eigenvalue weighted by Crippen LogP contribution is 2.38. The number of carbonyl (C=O) groups is 2. The molecule has 0 aliphatic heterocycles. The Kier molecular flexibility index (Phi) is 59.9. The zero-order chi connectivity index (χ0) is 57.7. The number of rotatable bonds is 65. The van der Waals surface area contributed by atoms with Gasteiger partial charge < -0.3 is 27.9 Å². The molecule has 468 valence electrons. The van der Waals surface area contributed by atoms with Crippen LogP contribution in [0.3, 0.4) is 0 Å². The van der Waals surface area contributed by atoms with Crippen molar-refractivity contribution in [3.63, 3.8) is 0 Å². The normalized spacial score (nSPS) is 13.2. The first kappa shape index (κ1) is 77.5. The number of unbranched alkanes of at least 4 members (excludes halogenated alkanes) is 47. The fraction of sp³-hybridized carbons (Fsp3) is 0.913. The predicted molar refractivity (Wildman–Crippen MR) is 338 cm³/mol. The van der Waals surface area contributed by atoms with Crippen LogP contribution >= 0.6 is 7.82 Å². The van der Waals surface area contributed by atoms with Crippen molar-refractivity contribution < 1.29 is 42.1 Å². The lowest BCUT2D eigenvalue weighted by molar-refractivity contribution is -0.870. The lowest BCUT2D eigenvalue weighted by Crippen LogP contribution is -2.37. The Hall–Kier alpha value is -1.51. The van der Waals surface area contributed by atoms with E-state index in [1.54, 1.807) is 0 Å². The molecule has 0 fully saturated rings. The molecule has 0 aliphatic rings. The van der Waals surface area contributed by atoms with E-state index >= 15 is 0 Å². The summed E-state index contributed by atoms with van der Waals surface area (Å²) in [5.74, 6) is -0.809. The van der Waals surface area contributed by atoms with Crippen LogP contribution in [0.25, 0.3) is 0 Å². The van der Waals surface area contributed by atoms with Crippen LogP contribution < -0.4 is 4.89 Å². The van der Waals surface area contributed by atoms with E-state index in [1.165, 1.54) is 283 Å². The fourth-order valence-electron chi connectivity index (χ4n) is 10.4. The number of carbonyl (C=O) groups excluding carboxylic acids is 2. The summed E-state index contributed by atoms with van der Waals surface area (Å²) in [7, 11) is 1.19. The number of quaternary nitrogens is 1. The van der Waals surface area contributed by atoms with Crippen LogP contribution in [0.1, 0.15) is 354 Å². The molecule has 10 heteroatoms. The summed E-state index contributed by atoms with van der Waals surface area (Å²) in [6, 6.07) is 0. The molecule has 0 aromatic rings. The molecule has 0 spiro atoms. The topological polar surface area (TPSA) is 111 Å². The fourth-order valence-corrected chi connectivity index (χ4v) is 11.1. The average Bonchev–Trinajstić information content (AvgIpc) is 3.41. The zero-order valence-electron chi connectivity index (χ0n) is 53.4. The van der Waals surface area contributed by atoms with Gasteiger partial charge in [0.2, 0.25) is 0 Å². The highest BCUT2D eigenvalue weighted by Gasteiger charge is 2.22. The highest BCUT2D eigenvalue weighted by atomic mass is 31.2. The minimum atomic E-state index is -4.63. The van der Waals surface area contributed by atoms with Crippen LogP contribution in [0.15, 0.2) is 24.3 Å². The summed E-state index contributed by atoms with van der Waals surface area (Å²) in [6.45, 7) is 4.30. The molecule has 0 radical (unpaired) electrons. The SMILES string of the molecule is CCCCCCC/C=C\C/C=C\CCCCCCCCCCCCCCCCCCCCCCCCCCCC(=O)OC(COC(=O)CCCCCCCCCCCCCCCCCCCC)COP(=O)([O-])OCC[N+](C)(C)C. The number of ether oxygens (including phenoxy) is 2. The number of likely N-dealkylation sites (N-methyl/N-ethyl adjacent to an activating group) is 1. The number of phosphoric ester groups is 1. The molecule has 0 heterocycles. The molecule has 0 saturated carbocycles. The predicted octanol–water partition coefficient (Wildman–Crippen LogP) is 21.5. The minimum absolute atomic E-state index is 0.0263. The van der Waals surface area contributed by atoms with Gasteiger partial charge in [-0.05, 0) is 44.9 Å². The molecule has 0 aromatic carbocycles. The van der Waals surface area contributed by atoms with E-state index in [9.17, 15) is 19.0 Å². The largest absolute Gasteiger partial charge is 0.756 e. The maximum absolute atomic E-state index is 12.8. The van der Waals surface area contributed by atoms with Gasteiger partial charge in [0, 0.05) is 12.8 Å². The van der Waals surface area contributed by atoms with E-state index in [1.807, 2.05) is 21.1 Å². The molecule has 0 aliphatic carbocycles. The molecular weight excluding hydrogens is 1000 g/mol. The number of phosphoric acid groups is 1. The molecule has 0 saturated heterocycles. The number of hydrogen-bond acceptors (Lipinski definition) is 8. The number of hydrogen-bond donors (Lipinski definition) is 0. The molecule has 0 N–H and O–H groups in total. The molecule has 0 rings (SSSR count). The van der Waals surface area contributed by atoms with Gasteiger partial charge in [-0.15, -0.1) is 0 Å². The second-order valence-corrected chi connectivity index (χ2v) is 26.3.